The smallest absolute Gasteiger partial charge is 0.0256 e. The highest BCUT2D eigenvalue weighted by atomic mass is 14.9. The predicted molar refractivity (Wildman–Crippen MR) is 78.8 cm³/mol. The second-order valence-corrected chi connectivity index (χ2v) is 6.42. The average molecular weight is 243 g/mol. The standard InChI is InChI=1S/C17H25N/c1-17(2,3)11-9-16-13-15(10-12-18-16)14-7-5-4-6-8-14/h4-9,11,15-16,18H,10,12-13H2,1-3H3/b11-9+/t15-,16+/m1/s1. The van der Waals surface area contributed by atoms with Crippen LogP contribution in [0.1, 0.15) is 45.1 Å². The average Bonchev–Trinajstić information content (AvgIpc) is 2.37. The van der Waals surface area contributed by atoms with Crippen molar-refractivity contribution in [3.63, 3.8) is 0 Å². The fourth-order valence-electron chi connectivity index (χ4n) is 2.53. The summed E-state index contributed by atoms with van der Waals surface area (Å²) in [5, 5.41) is 3.60. The first-order valence-corrected chi connectivity index (χ1v) is 7.02. The molecular weight excluding hydrogens is 218 g/mol. The van der Waals surface area contributed by atoms with Gasteiger partial charge in [0.15, 0.2) is 0 Å². The third kappa shape index (κ3) is 3.99. The molecule has 18 heavy (non-hydrogen) atoms. The quantitative estimate of drug-likeness (QED) is 0.770. The van der Waals surface area contributed by atoms with E-state index in [1.165, 1.54) is 18.4 Å². The lowest BCUT2D eigenvalue weighted by Crippen LogP contribution is -2.36. The fourth-order valence-corrected chi connectivity index (χ4v) is 2.53. The molecule has 1 nitrogen and oxygen atoms in total. The van der Waals surface area contributed by atoms with Crippen LogP contribution in [0.25, 0.3) is 0 Å². The van der Waals surface area contributed by atoms with Crippen LogP contribution < -0.4 is 5.32 Å². The van der Waals surface area contributed by atoms with Crippen molar-refractivity contribution in [2.45, 2.75) is 45.6 Å². The van der Waals surface area contributed by atoms with Gasteiger partial charge >= 0.3 is 0 Å². The molecule has 2 atom stereocenters. The molecule has 1 aliphatic rings. The number of benzene rings is 1. The molecule has 0 spiro atoms. The number of piperidine rings is 1. The Morgan fingerprint density at radius 3 is 2.56 bits per heavy atom. The van der Waals surface area contributed by atoms with Crippen LogP contribution in [0.15, 0.2) is 42.5 Å². The van der Waals surface area contributed by atoms with E-state index in [1.807, 2.05) is 0 Å². The maximum atomic E-state index is 3.60. The largest absolute Gasteiger partial charge is 0.310 e. The third-order valence-electron chi connectivity index (χ3n) is 3.54. The van der Waals surface area contributed by atoms with Crippen LogP contribution >= 0.6 is 0 Å². The van der Waals surface area contributed by atoms with E-state index in [4.69, 9.17) is 0 Å². The topological polar surface area (TPSA) is 12.0 Å². The minimum absolute atomic E-state index is 0.279. The van der Waals surface area contributed by atoms with Crippen molar-refractivity contribution in [1.29, 1.82) is 0 Å². The Labute approximate surface area is 111 Å². The Hall–Kier alpha value is -1.08. The van der Waals surface area contributed by atoms with Crippen molar-refractivity contribution in [2.75, 3.05) is 6.54 Å². The minimum Gasteiger partial charge on any atom is -0.310 e. The van der Waals surface area contributed by atoms with E-state index in [2.05, 4.69) is 68.6 Å². The van der Waals surface area contributed by atoms with Crippen molar-refractivity contribution in [3.8, 4) is 0 Å². The maximum absolute atomic E-state index is 3.60. The number of hydrogen-bond acceptors (Lipinski definition) is 1. The molecule has 1 aromatic rings. The highest BCUT2D eigenvalue weighted by molar-refractivity contribution is 5.21. The predicted octanol–water partition coefficient (Wildman–Crippen LogP) is 4.12. The summed E-state index contributed by atoms with van der Waals surface area (Å²) in [5.74, 6) is 0.710. The van der Waals surface area contributed by atoms with Gasteiger partial charge in [-0.3, -0.25) is 0 Å². The molecule has 1 heteroatoms. The fraction of sp³-hybridized carbons (Fsp3) is 0.529. The Bertz CT molecular complexity index is 386. The van der Waals surface area contributed by atoms with Gasteiger partial charge in [0.05, 0.1) is 0 Å². The molecule has 1 fully saturated rings. The summed E-state index contributed by atoms with van der Waals surface area (Å²) in [4.78, 5) is 0. The Morgan fingerprint density at radius 2 is 1.89 bits per heavy atom. The molecule has 1 saturated heterocycles. The van der Waals surface area contributed by atoms with Crippen LogP contribution in [0, 0.1) is 5.41 Å². The number of allylic oxidation sites excluding steroid dienone is 1. The van der Waals surface area contributed by atoms with Crippen LogP contribution in [-0.2, 0) is 0 Å². The third-order valence-corrected chi connectivity index (χ3v) is 3.54. The van der Waals surface area contributed by atoms with Gasteiger partial charge in [-0.25, -0.2) is 0 Å². The van der Waals surface area contributed by atoms with Gasteiger partial charge in [0, 0.05) is 6.04 Å². The van der Waals surface area contributed by atoms with Gasteiger partial charge in [0.25, 0.3) is 0 Å². The molecule has 0 saturated carbocycles. The molecule has 1 aliphatic heterocycles. The molecule has 1 aromatic carbocycles. The summed E-state index contributed by atoms with van der Waals surface area (Å²) in [7, 11) is 0. The van der Waals surface area contributed by atoms with Crippen LogP contribution in [0.4, 0.5) is 0 Å². The van der Waals surface area contributed by atoms with E-state index >= 15 is 0 Å². The lowest BCUT2D eigenvalue weighted by Gasteiger charge is -2.29. The van der Waals surface area contributed by atoms with Crippen molar-refractivity contribution < 1.29 is 0 Å². The van der Waals surface area contributed by atoms with Crippen molar-refractivity contribution >= 4 is 0 Å². The summed E-state index contributed by atoms with van der Waals surface area (Å²) in [6, 6.07) is 11.5. The van der Waals surface area contributed by atoms with E-state index in [9.17, 15) is 0 Å². The number of nitrogens with one attached hydrogen (secondary N) is 1. The summed E-state index contributed by atoms with van der Waals surface area (Å²) in [5.41, 5.74) is 1.77. The SMILES string of the molecule is CC(C)(C)/C=C/[C@H]1C[C@H](c2ccccc2)CCN1. The van der Waals surface area contributed by atoms with Gasteiger partial charge in [-0.15, -0.1) is 0 Å². The van der Waals surface area contributed by atoms with Crippen molar-refractivity contribution in [1.82, 2.24) is 5.32 Å². The van der Waals surface area contributed by atoms with E-state index in [1.54, 1.807) is 0 Å². The van der Waals surface area contributed by atoms with E-state index in [-0.39, 0.29) is 5.41 Å². The van der Waals surface area contributed by atoms with Gasteiger partial charge in [-0.1, -0.05) is 63.3 Å². The van der Waals surface area contributed by atoms with Crippen LogP contribution in [0.5, 0.6) is 0 Å². The Kier molecular flexibility index (Phi) is 4.23. The monoisotopic (exact) mass is 243 g/mol. The van der Waals surface area contributed by atoms with Gasteiger partial charge < -0.3 is 5.32 Å². The molecular formula is C17H25N. The van der Waals surface area contributed by atoms with E-state index < -0.39 is 0 Å². The van der Waals surface area contributed by atoms with Crippen molar-refractivity contribution in [3.05, 3.63) is 48.0 Å². The zero-order chi connectivity index (χ0) is 13.0. The lowest BCUT2D eigenvalue weighted by atomic mass is 9.85. The summed E-state index contributed by atoms with van der Waals surface area (Å²) in [6.07, 6.45) is 7.16. The Balaban J connectivity index is 1.99. The van der Waals surface area contributed by atoms with Gasteiger partial charge in [-0.2, -0.15) is 0 Å². The molecule has 0 amide bonds. The summed E-state index contributed by atoms with van der Waals surface area (Å²) in [6.45, 7) is 7.88. The van der Waals surface area contributed by atoms with Crippen LogP contribution in [0.3, 0.4) is 0 Å². The molecule has 0 aliphatic carbocycles. The summed E-state index contributed by atoms with van der Waals surface area (Å²) >= 11 is 0. The zero-order valence-corrected chi connectivity index (χ0v) is 11.8. The van der Waals surface area contributed by atoms with Gasteiger partial charge in [-0.05, 0) is 36.3 Å². The highest BCUT2D eigenvalue weighted by Gasteiger charge is 2.21. The molecule has 1 heterocycles. The first-order chi connectivity index (χ1) is 8.54. The first-order valence-electron chi connectivity index (χ1n) is 7.02. The second kappa shape index (κ2) is 5.71. The van der Waals surface area contributed by atoms with Crippen LogP contribution in [-0.4, -0.2) is 12.6 Å². The first kappa shape index (κ1) is 13.4. The molecule has 2 rings (SSSR count). The van der Waals surface area contributed by atoms with Crippen LogP contribution in [0.2, 0.25) is 0 Å². The minimum atomic E-state index is 0.279. The van der Waals surface area contributed by atoms with Gasteiger partial charge in [0.1, 0.15) is 0 Å². The normalized spacial score (nSPS) is 25.5. The zero-order valence-electron chi connectivity index (χ0n) is 11.8. The van der Waals surface area contributed by atoms with E-state index in [0.29, 0.717) is 12.0 Å². The Morgan fingerprint density at radius 1 is 1.17 bits per heavy atom. The number of rotatable bonds is 2. The highest BCUT2D eigenvalue weighted by Crippen LogP contribution is 2.28. The molecule has 0 unspecified atom stereocenters. The second-order valence-electron chi connectivity index (χ2n) is 6.42. The molecule has 1 N–H and O–H groups in total. The van der Waals surface area contributed by atoms with E-state index in [0.717, 1.165) is 6.54 Å². The molecule has 0 radical (unpaired) electrons. The lowest BCUT2D eigenvalue weighted by molar-refractivity contribution is 0.402. The van der Waals surface area contributed by atoms with Gasteiger partial charge in [0.2, 0.25) is 0 Å². The maximum Gasteiger partial charge on any atom is 0.0256 e. The summed E-state index contributed by atoms with van der Waals surface area (Å²) < 4.78 is 0. The number of hydrogen-bond donors (Lipinski definition) is 1. The molecule has 0 aromatic heterocycles. The molecule has 0 bridgehead atoms. The van der Waals surface area contributed by atoms with Crippen molar-refractivity contribution in [2.24, 2.45) is 5.41 Å². The molecule has 98 valence electrons.